The first-order valence-electron chi connectivity index (χ1n) is 12.0. The average Bonchev–Trinajstić information content (AvgIpc) is 2.88. The number of benzene rings is 1. The lowest BCUT2D eigenvalue weighted by molar-refractivity contribution is -0.346. The molecule has 0 bridgehead atoms. The first kappa shape index (κ1) is 31.9. The molecule has 0 spiro atoms. The van der Waals surface area contributed by atoms with Crippen molar-refractivity contribution in [3.05, 3.63) is 35.9 Å². The number of aliphatic hydroxyl groups is 4. The second-order valence-electron chi connectivity index (χ2n) is 9.11. The summed E-state index contributed by atoms with van der Waals surface area (Å²) in [6, 6.07) is 8.36. The molecule has 14 nitrogen and oxygen atoms in total. The molecule has 216 valence electrons. The van der Waals surface area contributed by atoms with Crippen LogP contribution in [0.15, 0.2) is 30.3 Å². The lowest BCUT2D eigenvalue weighted by Gasteiger charge is -2.59. The molecule has 1 aromatic rings. The number of nitrogens with zero attached hydrogens (tertiary/aromatic N) is 1. The molecule has 0 saturated carbocycles. The maximum Gasteiger partial charge on any atom is 0.412 e. The molecular formula is C25H34N2O12. The van der Waals surface area contributed by atoms with Gasteiger partial charge in [-0.25, -0.2) is 4.79 Å². The number of Topliss-reactive ketones (excluding diaryl/α,β-unsaturated/α-hetero) is 3. The Kier molecular flexibility index (Phi) is 10.1. The molecule has 1 aliphatic heterocycles. The highest BCUT2D eigenvalue weighted by Gasteiger charge is 2.81. The lowest BCUT2D eigenvalue weighted by atomic mass is 9.60. The molecule has 39 heavy (non-hydrogen) atoms. The quantitative estimate of drug-likeness (QED) is 0.180. The van der Waals surface area contributed by atoms with Gasteiger partial charge in [0.1, 0.15) is 18.8 Å². The van der Waals surface area contributed by atoms with Crippen LogP contribution in [-0.4, -0.2) is 110 Å². The smallest absolute Gasteiger partial charge is 0.412 e. The van der Waals surface area contributed by atoms with Gasteiger partial charge in [0.15, 0.2) is 29.2 Å². The van der Waals surface area contributed by atoms with Gasteiger partial charge in [0, 0.05) is 6.61 Å². The normalized spacial score (nSPS) is 29.2. The third-order valence-corrected chi connectivity index (χ3v) is 6.68. The zero-order valence-electron chi connectivity index (χ0n) is 22.0. The monoisotopic (exact) mass is 554 g/mol. The minimum absolute atomic E-state index is 0.177. The highest BCUT2D eigenvalue weighted by atomic mass is 16.6. The van der Waals surface area contributed by atoms with E-state index in [9.17, 15) is 44.4 Å². The summed E-state index contributed by atoms with van der Waals surface area (Å²) in [4.78, 5) is 64.3. The van der Waals surface area contributed by atoms with Crippen LogP contribution in [0.1, 0.15) is 33.3 Å². The van der Waals surface area contributed by atoms with Gasteiger partial charge in [0.2, 0.25) is 11.2 Å². The fourth-order valence-corrected chi connectivity index (χ4v) is 4.50. The van der Waals surface area contributed by atoms with Crippen molar-refractivity contribution in [1.29, 1.82) is 0 Å². The van der Waals surface area contributed by atoms with Gasteiger partial charge in [-0.05, 0) is 33.3 Å². The maximum atomic E-state index is 13.3. The first-order chi connectivity index (χ1) is 18.1. The van der Waals surface area contributed by atoms with E-state index < -0.39 is 71.1 Å². The number of ether oxygens (including phenoxy) is 3. The average molecular weight is 555 g/mol. The van der Waals surface area contributed by atoms with Crippen LogP contribution in [0.3, 0.4) is 0 Å². The number of hydrogen-bond acceptors (Lipinski definition) is 12. The second-order valence-corrected chi connectivity index (χ2v) is 9.11. The van der Waals surface area contributed by atoms with E-state index in [-0.39, 0.29) is 19.8 Å². The van der Waals surface area contributed by atoms with Crippen molar-refractivity contribution in [3.8, 4) is 0 Å². The predicted molar refractivity (Wildman–Crippen MR) is 131 cm³/mol. The minimum Gasteiger partial charge on any atom is -0.444 e. The lowest BCUT2D eigenvalue weighted by Crippen LogP contribution is -2.89. The van der Waals surface area contributed by atoms with Crippen LogP contribution in [0.5, 0.6) is 0 Å². The standard InChI is InChI=1S/C25H34N2O12/c1-5-37-12-11-27(22(33)38-13-17-9-7-6-8-10-17)21-24(35,16(4)30)25(36,20(26)32)23(34,15(3)29)19(39-21)18(31)14(2)28/h6-10,18-19,21,31,34-36H,5,11-13H2,1-4H3,(H2,26,32)/t18?,19-,21-,23-,24-,25+/m1/s1. The van der Waals surface area contributed by atoms with E-state index in [0.29, 0.717) is 24.3 Å². The number of ketones is 3. The highest BCUT2D eigenvalue weighted by Crippen LogP contribution is 2.48. The molecule has 1 heterocycles. The Labute approximate surface area is 224 Å². The number of aliphatic hydroxyl groups excluding tert-OH is 1. The second kappa shape index (κ2) is 12.3. The molecule has 0 aliphatic carbocycles. The Morgan fingerprint density at radius 3 is 2.05 bits per heavy atom. The van der Waals surface area contributed by atoms with Gasteiger partial charge in [0.25, 0.3) is 5.91 Å². The SMILES string of the molecule is CCOCCN(C(=O)OCc1ccccc1)[C@@H]1O[C@H](C(O)C(C)=O)[C@](O)(C(C)=O)[C@@](O)(C(N)=O)[C@@]1(O)C(C)=O. The molecule has 0 radical (unpaired) electrons. The number of rotatable bonds is 12. The molecule has 1 aromatic carbocycles. The van der Waals surface area contributed by atoms with Crippen molar-refractivity contribution >= 4 is 29.4 Å². The van der Waals surface area contributed by atoms with Gasteiger partial charge in [-0.3, -0.25) is 24.1 Å². The maximum absolute atomic E-state index is 13.3. The topological polar surface area (TPSA) is 223 Å². The van der Waals surface area contributed by atoms with Crippen molar-refractivity contribution in [2.24, 2.45) is 5.73 Å². The van der Waals surface area contributed by atoms with E-state index in [1.165, 1.54) is 0 Å². The Hall–Kier alpha value is -3.27. The highest BCUT2D eigenvalue weighted by molar-refractivity contribution is 6.05. The van der Waals surface area contributed by atoms with Gasteiger partial charge >= 0.3 is 6.09 Å². The van der Waals surface area contributed by atoms with Gasteiger partial charge in [-0.1, -0.05) is 30.3 Å². The van der Waals surface area contributed by atoms with Crippen LogP contribution in [0.2, 0.25) is 0 Å². The van der Waals surface area contributed by atoms with Gasteiger partial charge in [-0.15, -0.1) is 0 Å². The third kappa shape index (κ3) is 5.44. The number of amides is 2. The summed E-state index contributed by atoms with van der Waals surface area (Å²) in [6.07, 6.45) is -8.54. The molecule has 1 saturated heterocycles. The largest absolute Gasteiger partial charge is 0.444 e. The summed E-state index contributed by atoms with van der Waals surface area (Å²) >= 11 is 0. The summed E-state index contributed by atoms with van der Waals surface area (Å²) in [5.74, 6) is -6.01. The fourth-order valence-electron chi connectivity index (χ4n) is 4.50. The fraction of sp³-hybridized carbons (Fsp3) is 0.560. The summed E-state index contributed by atoms with van der Waals surface area (Å²) in [5.41, 5.74) is -5.23. The molecule has 1 unspecified atom stereocenters. The summed E-state index contributed by atoms with van der Waals surface area (Å²) in [5, 5.41) is 45.3. The molecule has 2 rings (SSSR count). The van der Waals surface area contributed by atoms with E-state index in [2.05, 4.69) is 0 Å². The third-order valence-electron chi connectivity index (χ3n) is 6.68. The zero-order valence-corrected chi connectivity index (χ0v) is 22.0. The zero-order chi connectivity index (χ0) is 29.8. The van der Waals surface area contributed by atoms with Crippen LogP contribution in [0.4, 0.5) is 4.79 Å². The van der Waals surface area contributed by atoms with Crippen molar-refractivity contribution in [2.45, 2.75) is 69.5 Å². The van der Waals surface area contributed by atoms with E-state index in [1.54, 1.807) is 37.3 Å². The number of primary amides is 1. The first-order valence-corrected chi connectivity index (χ1v) is 12.0. The van der Waals surface area contributed by atoms with Crippen molar-refractivity contribution in [1.82, 2.24) is 4.90 Å². The number of carbonyl (C=O) groups excluding carboxylic acids is 5. The van der Waals surface area contributed by atoms with Crippen molar-refractivity contribution in [2.75, 3.05) is 19.8 Å². The Balaban J connectivity index is 2.76. The van der Waals surface area contributed by atoms with Crippen LogP contribution < -0.4 is 5.73 Å². The van der Waals surface area contributed by atoms with Gasteiger partial charge in [-0.2, -0.15) is 0 Å². The predicted octanol–water partition coefficient (Wildman–Crippen LogP) is -1.81. The Bertz CT molecular complexity index is 1100. The van der Waals surface area contributed by atoms with Crippen LogP contribution >= 0.6 is 0 Å². The summed E-state index contributed by atoms with van der Waals surface area (Å²) < 4.78 is 16.1. The molecule has 0 aromatic heterocycles. The van der Waals surface area contributed by atoms with Gasteiger partial charge in [0.05, 0.1) is 13.2 Å². The van der Waals surface area contributed by atoms with Crippen molar-refractivity contribution < 1.29 is 58.6 Å². The number of carbonyl (C=O) groups is 5. The Morgan fingerprint density at radius 1 is 1.03 bits per heavy atom. The number of nitrogens with two attached hydrogens (primary N) is 1. The molecule has 2 amide bonds. The summed E-state index contributed by atoms with van der Waals surface area (Å²) in [6.45, 7) is 2.97. The van der Waals surface area contributed by atoms with Crippen LogP contribution in [0, 0.1) is 0 Å². The van der Waals surface area contributed by atoms with E-state index in [1.807, 2.05) is 0 Å². The minimum atomic E-state index is -3.91. The molecule has 6 atom stereocenters. The molecule has 1 aliphatic rings. The van der Waals surface area contributed by atoms with Crippen molar-refractivity contribution in [3.63, 3.8) is 0 Å². The van der Waals surface area contributed by atoms with Gasteiger partial charge < -0.3 is 40.4 Å². The van der Waals surface area contributed by atoms with Crippen LogP contribution in [0.25, 0.3) is 0 Å². The summed E-state index contributed by atoms with van der Waals surface area (Å²) in [7, 11) is 0. The number of hydrogen-bond donors (Lipinski definition) is 5. The molecule has 6 N–H and O–H groups in total. The Morgan fingerprint density at radius 2 is 1.59 bits per heavy atom. The molecular weight excluding hydrogens is 520 g/mol. The van der Waals surface area contributed by atoms with E-state index in [4.69, 9.17) is 19.9 Å². The molecule has 1 fully saturated rings. The molecule has 14 heteroatoms. The van der Waals surface area contributed by atoms with Crippen LogP contribution in [-0.2, 0) is 40.0 Å². The van der Waals surface area contributed by atoms with E-state index in [0.717, 1.165) is 6.92 Å². The van der Waals surface area contributed by atoms with E-state index >= 15 is 0 Å².